The Hall–Kier alpha value is -3.12. The summed E-state index contributed by atoms with van der Waals surface area (Å²) in [6.07, 6.45) is 7.68. The Balaban J connectivity index is 1.63. The zero-order valence-corrected chi connectivity index (χ0v) is 19.9. The number of carboxylic acids is 1. The van der Waals surface area contributed by atoms with E-state index >= 15 is 0 Å². The molecule has 1 saturated carbocycles. The van der Waals surface area contributed by atoms with Gasteiger partial charge in [-0.1, -0.05) is 25.1 Å². The van der Waals surface area contributed by atoms with Crippen LogP contribution in [0.5, 0.6) is 0 Å². The van der Waals surface area contributed by atoms with Crippen LogP contribution in [0.2, 0.25) is 0 Å². The molecule has 2 aliphatic rings. The van der Waals surface area contributed by atoms with Crippen molar-refractivity contribution in [2.75, 3.05) is 11.5 Å². The van der Waals surface area contributed by atoms with Gasteiger partial charge < -0.3 is 19.2 Å². The number of fused-ring (bicyclic) bond motifs is 3. The van der Waals surface area contributed by atoms with E-state index in [2.05, 4.69) is 6.92 Å². The van der Waals surface area contributed by atoms with E-state index in [1.54, 1.807) is 11.0 Å². The van der Waals surface area contributed by atoms with Gasteiger partial charge in [0.25, 0.3) is 0 Å². The van der Waals surface area contributed by atoms with Crippen molar-refractivity contribution in [2.24, 2.45) is 11.8 Å². The third-order valence-corrected chi connectivity index (χ3v) is 7.23. The summed E-state index contributed by atoms with van der Waals surface area (Å²) in [6.45, 7) is 6.69. The van der Waals surface area contributed by atoms with Gasteiger partial charge in [0.15, 0.2) is 0 Å². The molecule has 1 N–H and O–H groups in total. The molecule has 1 amide bonds. The topological polar surface area (TPSA) is 80.0 Å². The first-order valence-electron chi connectivity index (χ1n) is 12.2. The van der Waals surface area contributed by atoms with E-state index in [0.29, 0.717) is 29.4 Å². The Bertz CT molecular complexity index is 1280. The number of carboxylic acid groups (broad SMARTS) is 1. The highest BCUT2D eigenvalue weighted by molar-refractivity contribution is 6.12. The molecule has 1 unspecified atom stereocenters. The van der Waals surface area contributed by atoms with Gasteiger partial charge in [-0.05, 0) is 75.3 Å². The maximum absolute atomic E-state index is 13.7. The quantitative estimate of drug-likeness (QED) is 0.440. The molecule has 1 aliphatic carbocycles. The first-order chi connectivity index (χ1) is 16.3. The Labute approximate surface area is 199 Å². The smallest absolute Gasteiger partial charge is 0.337 e. The van der Waals surface area contributed by atoms with Crippen molar-refractivity contribution in [3.05, 3.63) is 53.6 Å². The Morgan fingerprint density at radius 1 is 1.03 bits per heavy atom. The number of hydrogen-bond donors (Lipinski definition) is 1. The molecule has 0 radical (unpaired) electrons. The zero-order valence-electron chi connectivity index (χ0n) is 19.9. The van der Waals surface area contributed by atoms with E-state index in [1.807, 2.05) is 50.3 Å². The summed E-state index contributed by atoms with van der Waals surface area (Å²) >= 11 is 0. The lowest BCUT2D eigenvalue weighted by Gasteiger charge is -2.34. The largest absolute Gasteiger partial charge is 0.478 e. The molecule has 6 heteroatoms. The maximum Gasteiger partial charge on any atom is 0.337 e. The minimum absolute atomic E-state index is 0.0155. The second-order valence-corrected chi connectivity index (χ2v) is 9.97. The number of nitrogens with zero attached hydrogens (tertiary/aromatic N) is 1. The SMILES string of the molecule is CC1CCC(C(=O)N(c2cc3c(cc2C(=O)O)oc2ccc(C4C=CCO4)cc23)C(C)C)CC1. The van der Waals surface area contributed by atoms with Crippen LogP contribution in [0.15, 0.2) is 46.9 Å². The van der Waals surface area contributed by atoms with Crippen molar-refractivity contribution in [2.45, 2.75) is 58.6 Å². The van der Waals surface area contributed by atoms with Crippen molar-refractivity contribution in [3.8, 4) is 0 Å². The van der Waals surface area contributed by atoms with E-state index in [9.17, 15) is 14.7 Å². The van der Waals surface area contributed by atoms with Crippen LogP contribution in [0.4, 0.5) is 5.69 Å². The highest BCUT2D eigenvalue weighted by Gasteiger charge is 2.33. The normalized spacial score (nSPS) is 22.6. The van der Waals surface area contributed by atoms with Crippen molar-refractivity contribution < 1.29 is 23.8 Å². The molecule has 0 spiro atoms. The molecule has 34 heavy (non-hydrogen) atoms. The summed E-state index contributed by atoms with van der Waals surface area (Å²) < 4.78 is 11.8. The number of furan rings is 1. The summed E-state index contributed by atoms with van der Waals surface area (Å²) in [5, 5.41) is 11.7. The molecule has 0 bridgehead atoms. The lowest BCUT2D eigenvalue weighted by Crippen LogP contribution is -2.42. The number of hydrogen-bond acceptors (Lipinski definition) is 4. The van der Waals surface area contributed by atoms with Gasteiger partial charge in [-0.25, -0.2) is 4.79 Å². The molecule has 2 heterocycles. The van der Waals surface area contributed by atoms with Crippen molar-refractivity contribution >= 4 is 39.5 Å². The number of anilines is 1. The number of carbonyl (C=O) groups is 2. The van der Waals surface area contributed by atoms with Crippen LogP contribution in [0, 0.1) is 11.8 Å². The van der Waals surface area contributed by atoms with Crippen molar-refractivity contribution in [3.63, 3.8) is 0 Å². The molecular weight excluding hydrogens is 430 g/mol. The van der Waals surface area contributed by atoms with E-state index in [-0.39, 0.29) is 29.5 Å². The molecule has 0 saturated heterocycles. The van der Waals surface area contributed by atoms with Gasteiger partial charge >= 0.3 is 5.97 Å². The van der Waals surface area contributed by atoms with Crippen LogP contribution in [-0.2, 0) is 9.53 Å². The van der Waals surface area contributed by atoms with Gasteiger partial charge in [-0.15, -0.1) is 0 Å². The fraction of sp³-hybridized carbons (Fsp3) is 0.429. The zero-order chi connectivity index (χ0) is 24.0. The van der Waals surface area contributed by atoms with Crippen molar-refractivity contribution in [1.29, 1.82) is 0 Å². The fourth-order valence-corrected chi connectivity index (χ4v) is 5.33. The highest BCUT2D eigenvalue weighted by atomic mass is 16.5. The van der Waals surface area contributed by atoms with Crippen LogP contribution >= 0.6 is 0 Å². The summed E-state index contributed by atoms with van der Waals surface area (Å²) in [6, 6.07) is 9.11. The molecule has 1 aromatic heterocycles. The van der Waals surface area contributed by atoms with Crippen molar-refractivity contribution in [1.82, 2.24) is 0 Å². The minimum atomic E-state index is -1.07. The number of benzene rings is 2. The third-order valence-electron chi connectivity index (χ3n) is 7.23. The van der Waals surface area contributed by atoms with Gasteiger partial charge in [0.2, 0.25) is 5.91 Å². The van der Waals surface area contributed by atoms with Gasteiger partial charge in [0.1, 0.15) is 17.3 Å². The summed E-state index contributed by atoms with van der Waals surface area (Å²) in [5.74, 6) is -0.498. The number of carbonyl (C=O) groups excluding carboxylic acids is 1. The van der Waals surface area contributed by atoms with Gasteiger partial charge in [-0.3, -0.25) is 4.79 Å². The van der Waals surface area contributed by atoms with Crippen LogP contribution in [0.3, 0.4) is 0 Å². The van der Waals surface area contributed by atoms with Gasteiger partial charge in [-0.2, -0.15) is 0 Å². The lowest BCUT2D eigenvalue weighted by atomic mass is 9.82. The summed E-state index contributed by atoms with van der Waals surface area (Å²) in [5.41, 5.74) is 2.71. The molecule has 3 aromatic rings. The van der Waals surface area contributed by atoms with Crippen LogP contribution in [0.25, 0.3) is 21.9 Å². The number of aromatic carboxylic acids is 1. The molecule has 5 rings (SSSR count). The second kappa shape index (κ2) is 8.91. The molecule has 1 fully saturated rings. The molecule has 1 atom stereocenters. The van der Waals surface area contributed by atoms with E-state index in [0.717, 1.165) is 42.0 Å². The average molecular weight is 462 g/mol. The summed E-state index contributed by atoms with van der Waals surface area (Å²) in [4.78, 5) is 27.6. The predicted molar refractivity (Wildman–Crippen MR) is 132 cm³/mol. The standard InChI is InChI=1S/C28H31NO5/c1-16(2)29(27(30)18-8-6-17(3)7-9-18)23-14-21-20-13-19(24-5-4-12-33-24)10-11-25(20)34-26(21)15-22(23)28(31)32/h4-5,10-11,13-18,24H,6-9,12H2,1-3H3,(H,31,32). The number of amides is 1. The Kier molecular flexibility index (Phi) is 5.94. The maximum atomic E-state index is 13.7. The third kappa shape index (κ3) is 4.00. The lowest BCUT2D eigenvalue weighted by molar-refractivity contribution is -0.123. The number of rotatable bonds is 5. The minimum Gasteiger partial charge on any atom is -0.478 e. The first kappa shape index (κ1) is 22.7. The Morgan fingerprint density at radius 3 is 2.41 bits per heavy atom. The molecule has 1 aliphatic heterocycles. The average Bonchev–Trinajstić information content (AvgIpc) is 3.46. The first-order valence-corrected chi connectivity index (χ1v) is 12.2. The Morgan fingerprint density at radius 2 is 1.76 bits per heavy atom. The molecule has 178 valence electrons. The second-order valence-electron chi connectivity index (χ2n) is 9.97. The summed E-state index contributed by atoms with van der Waals surface area (Å²) in [7, 11) is 0. The molecular formula is C28H31NO5. The number of ether oxygens (including phenoxy) is 1. The van der Waals surface area contributed by atoms with E-state index in [4.69, 9.17) is 9.15 Å². The molecule has 2 aromatic carbocycles. The fourth-order valence-electron chi connectivity index (χ4n) is 5.33. The van der Waals surface area contributed by atoms with Crippen LogP contribution < -0.4 is 4.90 Å². The van der Waals surface area contributed by atoms with Gasteiger partial charge in [0.05, 0.1) is 17.9 Å². The highest BCUT2D eigenvalue weighted by Crippen LogP contribution is 2.39. The molecule has 6 nitrogen and oxygen atoms in total. The monoisotopic (exact) mass is 461 g/mol. The van der Waals surface area contributed by atoms with Crippen LogP contribution in [0.1, 0.15) is 68.5 Å². The van der Waals surface area contributed by atoms with Gasteiger partial charge in [0, 0.05) is 22.7 Å². The predicted octanol–water partition coefficient (Wildman–Crippen LogP) is 6.48. The van der Waals surface area contributed by atoms with Crippen LogP contribution in [-0.4, -0.2) is 29.6 Å². The van der Waals surface area contributed by atoms with E-state index < -0.39 is 5.97 Å². The van der Waals surface area contributed by atoms with E-state index in [1.165, 1.54) is 0 Å².